The summed E-state index contributed by atoms with van der Waals surface area (Å²) in [7, 11) is 0. The molecule has 4 aliphatic carbocycles. The summed E-state index contributed by atoms with van der Waals surface area (Å²) in [5, 5.41) is 95.6. The van der Waals surface area contributed by atoms with Crippen LogP contribution in [0.4, 0.5) is 0 Å². The molecule has 19 atom stereocenters. The molecule has 0 bridgehead atoms. The van der Waals surface area contributed by atoms with Gasteiger partial charge in [0, 0.05) is 10.8 Å². The minimum absolute atomic E-state index is 0.00513. The molecule has 3 unspecified atom stereocenters. The van der Waals surface area contributed by atoms with Gasteiger partial charge in [-0.3, -0.25) is 0 Å². The molecule has 0 aromatic rings. The summed E-state index contributed by atoms with van der Waals surface area (Å²) in [6, 6.07) is 0. The third-order valence-corrected chi connectivity index (χ3v) is 16.3. The highest BCUT2D eigenvalue weighted by Gasteiger charge is 2.70. The van der Waals surface area contributed by atoms with E-state index in [1.807, 2.05) is 13.8 Å². The van der Waals surface area contributed by atoms with E-state index in [0.717, 1.165) is 51.4 Å². The number of aliphatic hydroxyl groups excluding tert-OH is 8. The van der Waals surface area contributed by atoms with Crippen LogP contribution in [0.5, 0.6) is 0 Å². The maximum atomic E-state index is 12.4. The minimum atomic E-state index is -1.66. The fourth-order valence-electron chi connectivity index (χ4n) is 12.7. The van der Waals surface area contributed by atoms with Gasteiger partial charge in [0.05, 0.1) is 31.0 Å². The van der Waals surface area contributed by atoms with E-state index in [4.69, 9.17) is 18.9 Å². The number of ether oxygens (including phenoxy) is 4. The van der Waals surface area contributed by atoms with Crippen molar-refractivity contribution in [3.63, 3.8) is 0 Å². The van der Waals surface area contributed by atoms with Crippen molar-refractivity contribution < 1.29 is 64.9 Å². The third kappa shape index (κ3) is 7.42. The van der Waals surface area contributed by atoms with Gasteiger partial charge in [0.1, 0.15) is 48.8 Å². The molecule has 6 aliphatic rings. The quantitative estimate of drug-likeness (QED) is 0.137. The van der Waals surface area contributed by atoms with Gasteiger partial charge in [-0.1, -0.05) is 66.0 Å². The van der Waals surface area contributed by atoms with Crippen molar-refractivity contribution >= 4 is 0 Å². The lowest BCUT2D eigenvalue weighted by Gasteiger charge is -2.67. The summed E-state index contributed by atoms with van der Waals surface area (Å²) in [4.78, 5) is 0. The lowest BCUT2D eigenvalue weighted by Crippen LogP contribution is -2.65. The summed E-state index contributed by atoms with van der Waals surface area (Å²) in [6.07, 6.45) is -5.22. The van der Waals surface area contributed by atoms with Crippen LogP contribution in [-0.2, 0) is 18.9 Å². The summed E-state index contributed by atoms with van der Waals surface area (Å²) in [5.41, 5.74) is -0.234. The molecule has 2 aliphatic heterocycles. The number of hydrogen-bond donors (Lipinski definition) is 9. The zero-order valence-electron chi connectivity index (χ0n) is 34.3. The highest BCUT2D eigenvalue weighted by molar-refractivity contribution is 5.32. The molecule has 0 amide bonds. The normalized spacial score (nSPS) is 50.4. The average molecular weight is 785 g/mol. The van der Waals surface area contributed by atoms with Gasteiger partial charge in [0.15, 0.2) is 12.6 Å². The van der Waals surface area contributed by atoms with Crippen molar-refractivity contribution in [2.45, 2.75) is 192 Å². The smallest absolute Gasteiger partial charge is 0.187 e. The molecule has 5 fully saturated rings. The van der Waals surface area contributed by atoms with Gasteiger partial charge < -0.3 is 64.9 Å². The predicted molar refractivity (Wildman–Crippen MR) is 201 cm³/mol. The number of rotatable bonds is 11. The maximum Gasteiger partial charge on any atom is 0.187 e. The fourth-order valence-corrected chi connectivity index (χ4v) is 12.7. The van der Waals surface area contributed by atoms with Gasteiger partial charge in [-0.25, -0.2) is 0 Å². The monoisotopic (exact) mass is 784 g/mol. The Kier molecular flexibility index (Phi) is 12.5. The van der Waals surface area contributed by atoms with Crippen molar-refractivity contribution in [1.82, 2.24) is 0 Å². The van der Waals surface area contributed by atoms with Crippen LogP contribution in [0.15, 0.2) is 11.6 Å². The highest BCUT2D eigenvalue weighted by Crippen LogP contribution is 2.75. The first kappa shape index (κ1) is 43.8. The molecular weight excluding hydrogens is 712 g/mol. The number of hydrogen-bond acceptors (Lipinski definition) is 13. The first-order valence-corrected chi connectivity index (χ1v) is 20.9. The van der Waals surface area contributed by atoms with Crippen LogP contribution < -0.4 is 0 Å². The van der Waals surface area contributed by atoms with Crippen LogP contribution in [0.2, 0.25) is 0 Å². The average Bonchev–Trinajstić information content (AvgIpc) is 3.38. The maximum absolute atomic E-state index is 12.4. The lowest BCUT2D eigenvalue weighted by atomic mass is 9.38. The first-order chi connectivity index (χ1) is 25.5. The number of aliphatic hydroxyl groups is 9. The van der Waals surface area contributed by atoms with Gasteiger partial charge in [-0.15, -0.1) is 0 Å². The molecule has 55 heavy (non-hydrogen) atoms. The Morgan fingerprint density at radius 3 is 2.07 bits per heavy atom. The molecule has 2 saturated heterocycles. The van der Waals surface area contributed by atoms with E-state index in [2.05, 4.69) is 47.6 Å². The Bertz CT molecular complexity index is 1370. The van der Waals surface area contributed by atoms with E-state index < -0.39 is 97.8 Å². The number of fused-ring (bicyclic) bond motifs is 5. The van der Waals surface area contributed by atoms with E-state index in [-0.39, 0.29) is 22.2 Å². The molecule has 3 saturated carbocycles. The van der Waals surface area contributed by atoms with Crippen molar-refractivity contribution in [2.75, 3.05) is 13.2 Å². The van der Waals surface area contributed by atoms with Gasteiger partial charge >= 0.3 is 0 Å². The largest absolute Gasteiger partial charge is 0.394 e. The van der Waals surface area contributed by atoms with Crippen LogP contribution in [0.1, 0.15) is 113 Å². The molecular formula is C42H72O13. The Hall–Kier alpha value is -0.780. The molecule has 13 heteroatoms. The van der Waals surface area contributed by atoms with E-state index in [1.165, 1.54) is 5.57 Å². The Morgan fingerprint density at radius 1 is 0.818 bits per heavy atom. The van der Waals surface area contributed by atoms with E-state index >= 15 is 0 Å². The first-order valence-electron chi connectivity index (χ1n) is 20.9. The summed E-state index contributed by atoms with van der Waals surface area (Å²) in [5.74, 6) is 1.44. The zero-order chi connectivity index (χ0) is 40.6. The van der Waals surface area contributed by atoms with Crippen molar-refractivity contribution in [2.24, 2.45) is 45.3 Å². The Balaban J connectivity index is 1.16. The lowest BCUT2D eigenvalue weighted by molar-refractivity contribution is -0.340. The molecule has 2 heterocycles. The van der Waals surface area contributed by atoms with Gasteiger partial charge in [0.25, 0.3) is 0 Å². The Labute approximate surface area is 327 Å². The standard InChI is InChI=1S/C42H72O13/c1-21(10-9-16-38(2,3)51)22-15-17-40(6)27-13-11-23-24(42(27,8)28(44)18-41(22,40)7)12-14-29(39(23,4)5)55-37-35(50)33(48)31(46)26(54-37)20-52-36-34(49)32(47)30(45)25(19-43)53-36/h11,21-22,24-37,43-51H,9-10,12-20H2,1-8H3/t21-,22?,24?,25-,26-,27?,28-,29+,30-,31-,32+,33+,34-,35-,36-,37+,40+,41-,42+/m1/s1. The Morgan fingerprint density at radius 2 is 1.44 bits per heavy atom. The second-order valence-electron chi connectivity index (χ2n) is 20.2. The van der Waals surface area contributed by atoms with Crippen molar-refractivity contribution in [3.05, 3.63) is 11.6 Å². The molecule has 0 aromatic carbocycles. The molecule has 0 radical (unpaired) electrons. The van der Waals surface area contributed by atoms with Crippen LogP contribution >= 0.6 is 0 Å². The van der Waals surface area contributed by atoms with Gasteiger partial charge in [-0.05, 0) is 93.3 Å². The van der Waals surface area contributed by atoms with Crippen LogP contribution in [0.3, 0.4) is 0 Å². The summed E-state index contributed by atoms with van der Waals surface area (Å²) in [6.45, 7) is 16.6. The van der Waals surface area contributed by atoms with Crippen LogP contribution in [-0.4, -0.2) is 138 Å². The van der Waals surface area contributed by atoms with E-state index in [0.29, 0.717) is 24.2 Å². The topological polar surface area (TPSA) is 219 Å². The summed E-state index contributed by atoms with van der Waals surface area (Å²) < 4.78 is 23.6. The second-order valence-corrected chi connectivity index (χ2v) is 20.2. The van der Waals surface area contributed by atoms with E-state index in [1.54, 1.807) is 0 Å². The molecule has 13 nitrogen and oxygen atoms in total. The highest BCUT2D eigenvalue weighted by atomic mass is 16.7. The van der Waals surface area contributed by atoms with Gasteiger partial charge in [-0.2, -0.15) is 0 Å². The van der Waals surface area contributed by atoms with Crippen LogP contribution in [0, 0.1) is 45.3 Å². The van der Waals surface area contributed by atoms with Crippen LogP contribution in [0.25, 0.3) is 0 Å². The molecule has 0 spiro atoms. The molecule has 6 rings (SSSR count). The summed E-state index contributed by atoms with van der Waals surface area (Å²) >= 11 is 0. The molecule has 9 N–H and O–H groups in total. The zero-order valence-corrected chi connectivity index (χ0v) is 34.3. The second kappa shape index (κ2) is 15.7. The fraction of sp³-hybridized carbons (Fsp3) is 0.952. The predicted octanol–water partition coefficient (Wildman–Crippen LogP) is 2.15. The number of allylic oxidation sites excluding steroid dienone is 1. The molecule has 0 aromatic heterocycles. The third-order valence-electron chi connectivity index (χ3n) is 16.3. The van der Waals surface area contributed by atoms with Gasteiger partial charge in [0.2, 0.25) is 0 Å². The van der Waals surface area contributed by atoms with Crippen molar-refractivity contribution in [1.29, 1.82) is 0 Å². The van der Waals surface area contributed by atoms with Crippen molar-refractivity contribution in [3.8, 4) is 0 Å². The van der Waals surface area contributed by atoms with E-state index in [9.17, 15) is 46.0 Å². The minimum Gasteiger partial charge on any atom is -0.394 e. The SMILES string of the molecule is C[C@H](CCCC(C)(C)O)C1CC[C@@]2(C)C3CC=C4C(CC[C@H](O[C@@H]5O[C@H](CO[C@@H]6O[C@H](CO)[C@@H](O)[C@H](O)[C@H]6O)[C@@H](O)[C@H](O)[C@H]5O)C4(C)C)[C@]3(C)[C@H](O)C[C@]12C. The molecule has 318 valence electrons.